The van der Waals surface area contributed by atoms with Gasteiger partial charge in [-0.1, -0.05) is 27.7 Å². The highest BCUT2D eigenvalue weighted by Gasteiger charge is 2.39. The summed E-state index contributed by atoms with van der Waals surface area (Å²) < 4.78 is 5.56. The van der Waals surface area contributed by atoms with Gasteiger partial charge < -0.3 is 15.2 Å². The molecule has 0 spiro atoms. The van der Waals surface area contributed by atoms with Crippen LogP contribution >= 0.6 is 0 Å². The van der Waals surface area contributed by atoms with Crippen LogP contribution in [0.2, 0.25) is 0 Å². The topological polar surface area (TPSA) is 58.6 Å². The Hall–Kier alpha value is -0.610. The lowest BCUT2D eigenvalue weighted by molar-refractivity contribution is -0.149. The molecule has 4 heteroatoms. The molecule has 0 aromatic rings. The first kappa shape index (κ1) is 15.8. The van der Waals surface area contributed by atoms with Crippen molar-refractivity contribution in [2.24, 2.45) is 10.8 Å². The fourth-order valence-corrected chi connectivity index (χ4v) is 4.33. The lowest BCUT2D eigenvalue weighted by Crippen LogP contribution is -2.46. The normalized spacial score (nSPS) is 33.2. The van der Waals surface area contributed by atoms with Crippen LogP contribution in [-0.4, -0.2) is 35.9 Å². The van der Waals surface area contributed by atoms with E-state index in [1.54, 1.807) is 0 Å². The predicted molar refractivity (Wildman–Crippen MR) is 78.7 cm³/mol. The zero-order valence-corrected chi connectivity index (χ0v) is 13.2. The number of rotatable bonds is 4. The second kappa shape index (κ2) is 5.64. The molecule has 116 valence electrons. The number of carboxylic acids is 1. The molecule has 2 N–H and O–H groups in total. The minimum absolute atomic E-state index is 0.0595. The third-order valence-electron chi connectivity index (χ3n) is 4.57. The molecule has 0 bridgehead atoms. The quantitative estimate of drug-likeness (QED) is 0.833. The highest BCUT2D eigenvalue weighted by Crippen LogP contribution is 2.45. The first-order valence-electron chi connectivity index (χ1n) is 7.79. The monoisotopic (exact) mass is 283 g/mol. The average molecular weight is 283 g/mol. The Kier molecular flexibility index (Phi) is 4.45. The molecule has 1 aliphatic heterocycles. The van der Waals surface area contributed by atoms with Gasteiger partial charge in [-0.25, -0.2) is 4.79 Å². The molecule has 1 saturated heterocycles. The molecule has 20 heavy (non-hydrogen) atoms. The van der Waals surface area contributed by atoms with E-state index in [1.807, 2.05) is 0 Å². The lowest BCUT2D eigenvalue weighted by Gasteiger charge is -2.45. The Balaban J connectivity index is 1.81. The van der Waals surface area contributed by atoms with Crippen molar-refractivity contribution in [1.82, 2.24) is 5.32 Å². The van der Waals surface area contributed by atoms with Crippen LogP contribution < -0.4 is 5.32 Å². The first-order valence-corrected chi connectivity index (χ1v) is 7.79. The van der Waals surface area contributed by atoms with Crippen molar-refractivity contribution in [1.29, 1.82) is 0 Å². The fourth-order valence-electron chi connectivity index (χ4n) is 4.33. The molecule has 1 saturated carbocycles. The van der Waals surface area contributed by atoms with Gasteiger partial charge in [-0.15, -0.1) is 0 Å². The molecule has 2 fully saturated rings. The Labute approximate surface area is 122 Å². The molecule has 4 nitrogen and oxygen atoms in total. The van der Waals surface area contributed by atoms with Crippen LogP contribution in [0.1, 0.15) is 59.8 Å². The number of nitrogens with one attached hydrogen (secondary N) is 1. The summed E-state index contributed by atoms with van der Waals surface area (Å²) in [7, 11) is 0. The summed E-state index contributed by atoms with van der Waals surface area (Å²) >= 11 is 0. The molecular weight excluding hydrogens is 254 g/mol. The Morgan fingerprint density at radius 2 is 1.80 bits per heavy atom. The summed E-state index contributed by atoms with van der Waals surface area (Å²) in [6.07, 6.45) is 4.59. The standard InChI is InChI=1S/C16H29NO3/c1-15(2)7-11(8-16(3,4)10-15)17-9-12-5-6-13(20-12)14(18)19/h11-13,17H,5-10H2,1-4H3,(H,18,19). The molecule has 2 rings (SSSR count). The molecule has 0 aromatic heterocycles. The van der Waals surface area contributed by atoms with Gasteiger partial charge in [0.15, 0.2) is 6.10 Å². The van der Waals surface area contributed by atoms with Crippen LogP contribution in [0.15, 0.2) is 0 Å². The molecule has 1 heterocycles. The van der Waals surface area contributed by atoms with E-state index in [4.69, 9.17) is 9.84 Å². The highest BCUT2D eigenvalue weighted by atomic mass is 16.5. The maximum atomic E-state index is 10.9. The number of aliphatic carboxylic acids is 1. The summed E-state index contributed by atoms with van der Waals surface area (Å²) in [5.74, 6) is -0.826. The van der Waals surface area contributed by atoms with E-state index in [0.29, 0.717) is 23.3 Å². The smallest absolute Gasteiger partial charge is 0.332 e. The van der Waals surface area contributed by atoms with Crippen LogP contribution in [0.25, 0.3) is 0 Å². The first-order chi connectivity index (χ1) is 9.17. The molecule has 1 aliphatic carbocycles. The average Bonchev–Trinajstić information content (AvgIpc) is 2.70. The highest BCUT2D eigenvalue weighted by molar-refractivity contribution is 5.72. The zero-order valence-electron chi connectivity index (χ0n) is 13.2. The van der Waals surface area contributed by atoms with Crippen LogP contribution in [0.5, 0.6) is 0 Å². The Bertz CT molecular complexity index is 349. The van der Waals surface area contributed by atoms with Gasteiger partial charge in [0.2, 0.25) is 0 Å². The zero-order chi connectivity index (χ0) is 15.0. The van der Waals surface area contributed by atoms with Crippen molar-refractivity contribution < 1.29 is 14.6 Å². The summed E-state index contributed by atoms with van der Waals surface area (Å²) in [6.45, 7) is 10.1. The van der Waals surface area contributed by atoms with Gasteiger partial charge in [-0.05, 0) is 42.9 Å². The Morgan fingerprint density at radius 3 is 2.30 bits per heavy atom. The van der Waals surface area contributed by atoms with Gasteiger partial charge in [0.25, 0.3) is 0 Å². The van der Waals surface area contributed by atoms with Gasteiger partial charge in [0.1, 0.15) is 0 Å². The van der Waals surface area contributed by atoms with Crippen LogP contribution in [-0.2, 0) is 9.53 Å². The SMILES string of the molecule is CC1(C)CC(NCC2CCC(C(=O)O)O2)CC(C)(C)C1. The van der Waals surface area contributed by atoms with E-state index < -0.39 is 12.1 Å². The summed E-state index contributed by atoms with van der Waals surface area (Å²) in [4.78, 5) is 10.9. The lowest BCUT2D eigenvalue weighted by atomic mass is 9.63. The molecule has 2 aliphatic rings. The summed E-state index contributed by atoms with van der Waals surface area (Å²) in [6, 6.07) is 0.515. The van der Waals surface area contributed by atoms with Crippen molar-refractivity contribution in [3.8, 4) is 0 Å². The molecule has 0 aromatic carbocycles. The van der Waals surface area contributed by atoms with E-state index in [1.165, 1.54) is 19.3 Å². The maximum Gasteiger partial charge on any atom is 0.332 e. The van der Waals surface area contributed by atoms with Crippen LogP contribution in [0.4, 0.5) is 0 Å². The van der Waals surface area contributed by atoms with Crippen molar-refractivity contribution in [3.05, 3.63) is 0 Å². The minimum atomic E-state index is -0.826. The van der Waals surface area contributed by atoms with Crippen molar-refractivity contribution in [3.63, 3.8) is 0 Å². The van der Waals surface area contributed by atoms with E-state index in [2.05, 4.69) is 33.0 Å². The predicted octanol–water partition coefficient (Wildman–Crippen LogP) is 2.81. The summed E-state index contributed by atoms with van der Waals surface area (Å²) in [5.41, 5.74) is 0.749. The van der Waals surface area contributed by atoms with Gasteiger partial charge in [0, 0.05) is 12.6 Å². The third-order valence-corrected chi connectivity index (χ3v) is 4.57. The third kappa shape index (κ3) is 4.19. The number of hydrogen-bond acceptors (Lipinski definition) is 3. The second-order valence-corrected chi connectivity index (χ2v) is 8.18. The largest absolute Gasteiger partial charge is 0.479 e. The number of hydrogen-bond donors (Lipinski definition) is 2. The van der Waals surface area contributed by atoms with E-state index >= 15 is 0 Å². The molecule has 0 radical (unpaired) electrons. The molecule has 0 amide bonds. The van der Waals surface area contributed by atoms with E-state index in [9.17, 15) is 4.79 Å². The van der Waals surface area contributed by atoms with Crippen molar-refractivity contribution in [2.75, 3.05) is 6.54 Å². The maximum absolute atomic E-state index is 10.9. The minimum Gasteiger partial charge on any atom is -0.479 e. The van der Waals surface area contributed by atoms with Gasteiger partial charge >= 0.3 is 5.97 Å². The van der Waals surface area contributed by atoms with Gasteiger partial charge in [-0.2, -0.15) is 0 Å². The molecular formula is C16H29NO3. The second-order valence-electron chi connectivity index (χ2n) is 8.18. The van der Waals surface area contributed by atoms with Gasteiger partial charge in [-0.3, -0.25) is 0 Å². The van der Waals surface area contributed by atoms with Crippen LogP contribution in [0, 0.1) is 10.8 Å². The summed E-state index contributed by atoms with van der Waals surface area (Å²) in [5, 5.41) is 12.6. The Morgan fingerprint density at radius 1 is 1.20 bits per heavy atom. The van der Waals surface area contributed by atoms with Crippen molar-refractivity contribution in [2.45, 2.75) is 78.0 Å². The fraction of sp³-hybridized carbons (Fsp3) is 0.938. The number of carbonyl (C=O) groups is 1. The van der Waals surface area contributed by atoms with Gasteiger partial charge in [0.05, 0.1) is 6.10 Å². The van der Waals surface area contributed by atoms with E-state index in [0.717, 1.165) is 13.0 Å². The number of ether oxygens (including phenoxy) is 1. The number of carboxylic acid groups (broad SMARTS) is 1. The van der Waals surface area contributed by atoms with Crippen LogP contribution in [0.3, 0.4) is 0 Å². The van der Waals surface area contributed by atoms with E-state index in [-0.39, 0.29) is 6.10 Å². The molecule has 2 atom stereocenters. The molecule has 2 unspecified atom stereocenters. The van der Waals surface area contributed by atoms with Crippen molar-refractivity contribution >= 4 is 5.97 Å².